The van der Waals surface area contributed by atoms with Crippen molar-refractivity contribution >= 4 is 6.01 Å². The molecule has 1 aromatic carbocycles. The molecule has 0 unspecified atom stereocenters. The Bertz CT molecular complexity index is 426. The van der Waals surface area contributed by atoms with E-state index in [0.717, 1.165) is 5.56 Å². The zero-order chi connectivity index (χ0) is 10.7. The van der Waals surface area contributed by atoms with Crippen LogP contribution in [0.5, 0.6) is 0 Å². The van der Waals surface area contributed by atoms with Gasteiger partial charge in [0.05, 0.1) is 6.04 Å². The van der Waals surface area contributed by atoms with Crippen LogP contribution in [0.1, 0.15) is 17.5 Å². The summed E-state index contributed by atoms with van der Waals surface area (Å²) < 4.78 is 5.05. The molecule has 5 nitrogen and oxygen atoms in total. The van der Waals surface area contributed by atoms with Crippen LogP contribution < -0.4 is 11.5 Å². The number of hydrogen-bond donors (Lipinski definition) is 2. The molecule has 0 bridgehead atoms. The van der Waals surface area contributed by atoms with Crippen LogP contribution in [-0.2, 0) is 6.42 Å². The average Bonchev–Trinajstić information content (AvgIpc) is 2.66. The fraction of sp³-hybridized carbons (Fsp3) is 0.200. The van der Waals surface area contributed by atoms with Gasteiger partial charge < -0.3 is 15.9 Å². The summed E-state index contributed by atoms with van der Waals surface area (Å²) in [6, 6.07) is 9.62. The second kappa shape index (κ2) is 4.10. The van der Waals surface area contributed by atoms with Crippen molar-refractivity contribution in [3.05, 3.63) is 41.8 Å². The van der Waals surface area contributed by atoms with E-state index < -0.39 is 0 Å². The Morgan fingerprint density at radius 3 is 2.53 bits per heavy atom. The number of nitrogens with two attached hydrogens (primary N) is 2. The monoisotopic (exact) mass is 204 g/mol. The lowest BCUT2D eigenvalue weighted by molar-refractivity contribution is 0.460. The van der Waals surface area contributed by atoms with Crippen LogP contribution in [-0.4, -0.2) is 10.2 Å². The van der Waals surface area contributed by atoms with Gasteiger partial charge in [0.2, 0.25) is 5.89 Å². The minimum Gasteiger partial charge on any atom is -0.407 e. The van der Waals surface area contributed by atoms with Crippen LogP contribution in [0.2, 0.25) is 0 Å². The Morgan fingerprint density at radius 1 is 1.20 bits per heavy atom. The van der Waals surface area contributed by atoms with Gasteiger partial charge in [-0.15, -0.1) is 5.10 Å². The summed E-state index contributed by atoms with van der Waals surface area (Å²) in [6.45, 7) is 0. The molecule has 0 saturated heterocycles. The summed E-state index contributed by atoms with van der Waals surface area (Å²) in [7, 11) is 0. The fourth-order valence-corrected chi connectivity index (χ4v) is 1.35. The van der Waals surface area contributed by atoms with E-state index in [1.54, 1.807) is 0 Å². The van der Waals surface area contributed by atoms with Crippen molar-refractivity contribution < 1.29 is 4.42 Å². The fourth-order valence-electron chi connectivity index (χ4n) is 1.35. The van der Waals surface area contributed by atoms with E-state index in [-0.39, 0.29) is 12.1 Å². The Hall–Kier alpha value is -1.88. The summed E-state index contributed by atoms with van der Waals surface area (Å²) in [5.74, 6) is 0.372. The van der Waals surface area contributed by atoms with Gasteiger partial charge in [-0.05, 0) is 12.0 Å². The molecule has 1 atom stereocenters. The first-order valence-corrected chi connectivity index (χ1v) is 4.64. The van der Waals surface area contributed by atoms with Gasteiger partial charge in [0.1, 0.15) is 0 Å². The Morgan fingerprint density at radius 2 is 1.93 bits per heavy atom. The number of nitrogen functional groups attached to an aromatic ring is 1. The van der Waals surface area contributed by atoms with Crippen molar-refractivity contribution in [1.29, 1.82) is 0 Å². The predicted molar refractivity (Wildman–Crippen MR) is 55.8 cm³/mol. The maximum atomic E-state index is 5.89. The lowest BCUT2D eigenvalue weighted by Gasteiger charge is -2.06. The van der Waals surface area contributed by atoms with E-state index in [1.807, 2.05) is 30.3 Å². The zero-order valence-corrected chi connectivity index (χ0v) is 8.13. The third-order valence-electron chi connectivity index (χ3n) is 2.07. The van der Waals surface area contributed by atoms with Crippen molar-refractivity contribution in [3.63, 3.8) is 0 Å². The van der Waals surface area contributed by atoms with Gasteiger partial charge >= 0.3 is 6.01 Å². The summed E-state index contributed by atoms with van der Waals surface area (Å²) in [4.78, 5) is 0. The smallest absolute Gasteiger partial charge is 0.312 e. The number of aromatic nitrogens is 2. The number of benzene rings is 1. The first-order valence-electron chi connectivity index (χ1n) is 4.64. The van der Waals surface area contributed by atoms with Crippen LogP contribution in [0.15, 0.2) is 34.7 Å². The van der Waals surface area contributed by atoms with E-state index in [9.17, 15) is 0 Å². The summed E-state index contributed by atoms with van der Waals surface area (Å²) in [5.41, 5.74) is 12.3. The van der Waals surface area contributed by atoms with Gasteiger partial charge in [0.25, 0.3) is 0 Å². The van der Waals surface area contributed by atoms with Crippen molar-refractivity contribution in [2.45, 2.75) is 12.5 Å². The lowest BCUT2D eigenvalue weighted by Crippen LogP contribution is -2.13. The highest BCUT2D eigenvalue weighted by atomic mass is 16.4. The first kappa shape index (κ1) is 9.67. The van der Waals surface area contributed by atoms with E-state index in [2.05, 4.69) is 10.2 Å². The molecule has 1 aromatic heterocycles. The molecule has 0 spiro atoms. The van der Waals surface area contributed by atoms with E-state index >= 15 is 0 Å². The number of anilines is 1. The standard InChI is InChI=1S/C10H12N4O/c11-8(9-13-14-10(12)15-9)6-7-4-2-1-3-5-7/h1-5,8H,6,11H2,(H2,12,14)/t8-/m0/s1. The van der Waals surface area contributed by atoms with Gasteiger partial charge in [0.15, 0.2) is 0 Å². The van der Waals surface area contributed by atoms with Crippen molar-refractivity contribution in [1.82, 2.24) is 10.2 Å². The van der Waals surface area contributed by atoms with Crippen LogP contribution in [0.3, 0.4) is 0 Å². The van der Waals surface area contributed by atoms with Gasteiger partial charge in [-0.2, -0.15) is 0 Å². The highest BCUT2D eigenvalue weighted by molar-refractivity contribution is 5.17. The van der Waals surface area contributed by atoms with E-state index in [4.69, 9.17) is 15.9 Å². The second-order valence-corrected chi connectivity index (χ2v) is 3.27. The summed E-state index contributed by atoms with van der Waals surface area (Å²) in [5, 5.41) is 7.31. The van der Waals surface area contributed by atoms with E-state index in [1.165, 1.54) is 0 Å². The van der Waals surface area contributed by atoms with Crippen LogP contribution in [0, 0.1) is 0 Å². The predicted octanol–water partition coefficient (Wildman–Crippen LogP) is 0.894. The largest absolute Gasteiger partial charge is 0.407 e. The molecule has 0 amide bonds. The third-order valence-corrected chi connectivity index (χ3v) is 2.07. The molecule has 0 aliphatic rings. The maximum Gasteiger partial charge on any atom is 0.312 e. The topological polar surface area (TPSA) is 91.0 Å². The first-order chi connectivity index (χ1) is 7.25. The van der Waals surface area contributed by atoms with E-state index in [0.29, 0.717) is 12.3 Å². The van der Waals surface area contributed by atoms with Gasteiger partial charge in [-0.3, -0.25) is 0 Å². The lowest BCUT2D eigenvalue weighted by atomic mass is 10.1. The van der Waals surface area contributed by atoms with Crippen molar-refractivity contribution in [3.8, 4) is 0 Å². The molecule has 2 rings (SSSR count). The van der Waals surface area contributed by atoms with Crippen LogP contribution >= 0.6 is 0 Å². The van der Waals surface area contributed by atoms with Crippen molar-refractivity contribution in [2.24, 2.45) is 5.73 Å². The Labute approximate surface area is 87.1 Å². The molecular formula is C10H12N4O. The molecule has 0 fully saturated rings. The highest BCUT2D eigenvalue weighted by Gasteiger charge is 2.13. The quantitative estimate of drug-likeness (QED) is 0.774. The second-order valence-electron chi connectivity index (χ2n) is 3.27. The molecule has 0 radical (unpaired) electrons. The molecule has 5 heteroatoms. The van der Waals surface area contributed by atoms with Gasteiger partial charge in [-0.1, -0.05) is 35.4 Å². The molecule has 15 heavy (non-hydrogen) atoms. The molecule has 0 aliphatic carbocycles. The van der Waals surface area contributed by atoms with Crippen LogP contribution in [0.25, 0.3) is 0 Å². The normalized spacial score (nSPS) is 12.6. The highest BCUT2D eigenvalue weighted by Crippen LogP contribution is 2.15. The molecular weight excluding hydrogens is 192 g/mol. The molecule has 4 N–H and O–H groups in total. The molecule has 0 saturated carbocycles. The van der Waals surface area contributed by atoms with Crippen LogP contribution in [0.4, 0.5) is 6.01 Å². The molecule has 78 valence electrons. The van der Waals surface area contributed by atoms with Gasteiger partial charge in [0, 0.05) is 0 Å². The third kappa shape index (κ3) is 2.32. The molecule has 2 aromatic rings. The Balaban J connectivity index is 2.07. The Kier molecular flexibility index (Phi) is 2.64. The number of hydrogen-bond acceptors (Lipinski definition) is 5. The number of nitrogens with zero attached hydrogens (tertiary/aromatic N) is 2. The zero-order valence-electron chi connectivity index (χ0n) is 8.13. The van der Waals surface area contributed by atoms with Crippen molar-refractivity contribution in [2.75, 3.05) is 5.73 Å². The minimum absolute atomic E-state index is 0.0495. The number of rotatable bonds is 3. The maximum absolute atomic E-state index is 5.89. The SMILES string of the molecule is Nc1nnc([C@@H](N)Cc2ccccc2)o1. The van der Waals surface area contributed by atoms with Gasteiger partial charge in [-0.25, -0.2) is 0 Å². The summed E-state index contributed by atoms with van der Waals surface area (Å²) >= 11 is 0. The minimum atomic E-state index is -0.308. The molecule has 1 heterocycles. The summed E-state index contributed by atoms with van der Waals surface area (Å²) in [6.07, 6.45) is 0.655. The average molecular weight is 204 g/mol. The molecule has 0 aliphatic heterocycles.